The van der Waals surface area contributed by atoms with E-state index < -0.39 is 0 Å². The topological polar surface area (TPSA) is 73.1 Å². The molecular formula is C14H14BN4O. The maximum absolute atomic E-state index is 5.78. The Morgan fingerprint density at radius 2 is 2.15 bits per heavy atom. The van der Waals surface area contributed by atoms with Gasteiger partial charge in [0.15, 0.2) is 0 Å². The fraction of sp³-hybridized carbons (Fsp3) is 0.143. The van der Waals surface area contributed by atoms with Gasteiger partial charge < -0.3 is 15.7 Å². The lowest BCUT2D eigenvalue weighted by Crippen LogP contribution is -2.09. The minimum atomic E-state index is 0.481. The molecule has 2 aromatic rings. The zero-order chi connectivity index (χ0) is 14.1. The highest BCUT2D eigenvalue weighted by Gasteiger charge is 2.11. The molecule has 0 aliphatic carbocycles. The van der Waals surface area contributed by atoms with E-state index in [4.69, 9.17) is 10.4 Å². The van der Waals surface area contributed by atoms with Gasteiger partial charge >= 0.3 is 7.48 Å². The van der Waals surface area contributed by atoms with Crippen LogP contribution in [0.3, 0.4) is 0 Å². The number of nitrogens with zero attached hydrogens (tertiary/aromatic N) is 2. The van der Waals surface area contributed by atoms with Crippen molar-refractivity contribution in [3.05, 3.63) is 41.0 Å². The van der Waals surface area contributed by atoms with Gasteiger partial charge in [-0.1, -0.05) is 11.5 Å². The van der Waals surface area contributed by atoms with E-state index in [0.29, 0.717) is 11.8 Å². The van der Waals surface area contributed by atoms with Crippen LogP contribution in [0.1, 0.15) is 18.1 Å². The summed E-state index contributed by atoms with van der Waals surface area (Å²) in [5, 5.41) is 3.14. The zero-order valence-electron chi connectivity index (χ0n) is 11.3. The predicted molar refractivity (Wildman–Crippen MR) is 80.9 cm³/mol. The van der Waals surface area contributed by atoms with Crippen LogP contribution >= 0.6 is 0 Å². The molecule has 1 aromatic heterocycles. The highest BCUT2D eigenvalue weighted by Crippen LogP contribution is 2.29. The Balaban J connectivity index is 1.88. The summed E-state index contributed by atoms with van der Waals surface area (Å²) in [4.78, 5) is 8.40. The van der Waals surface area contributed by atoms with E-state index in [9.17, 15) is 0 Å². The summed E-state index contributed by atoms with van der Waals surface area (Å²) in [6, 6.07) is 5.82. The van der Waals surface area contributed by atoms with Crippen molar-refractivity contribution in [2.45, 2.75) is 13.8 Å². The zero-order valence-corrected chi connectivity index (χ0v) is 11.3. The number of nitrogens with one attached hydrogen (secondary N) is 1. The van der Waals surface area contributed by atoms with E-state index in [1.54, 1.807) is 13.7 Å². The molecule has 0 bridgehead atoms. The van der Waals surface area contributed by atoms with Gasteiger partial charge in [0.05, 0.1) is 0 Å². The second-order valence-corrected chi connectivity index (χ2v) is 4.76. The molecule has 0 saturated heterocycles. The van der Waals surface area contributed by atoms with Gasteiger partial charge in [0.1, 0.15) is 11.6 Å². The lowest BCUT2D eigenvalue weighted by molar-refractivity contribution is 0.596. The van der Waals surface area contributed by atoms with Crippen molar-refractivity contribution in [2.24, 2.45) is 0 Å². The Bertz CT molecular complexity index is 700. The van der Waals surface area contributed by atoms with E-state index in [-0.39, 0.29) is 0 Å². The fourth-order valence-corrected chi connectivity index (χ4v) is 1.93. The van der Waals surface area contributed by atoms with Gasteiger partial charge in [0.2, 0.25) is 5.95 Å². The van der Waals surface area contributed by atoms with Gasteiger partial charge in [-0.25, -0.2) is 4.98 Å². The molecule has 5 nitrogen and oxygen atoms in total. The molecule has 20 heavy (non-hydrogen) atoms. The summed E-state index contributed by atoms with van der Waals surface area (Å²) in [7, 11) is 1.74. The number of aromatic nitrogens is 2. The van der Waals surface area contributed by atoms with E-state index >= 15 is 0 Å². The van der Waals surface area contributed by atoms with Gasteiger partial charge in [0.25, 0.3) is 0 Å². The van der Waals surface area contributed by atoms with Gasteiger partial charge in [-0.15, -0.1) is 0 Å². The van der Waals surface area contributed by atoms with Crippen LogP contribution in [-0.2, 0) is 0 Å². The Morgan fingerprint density at radius 1 is 1.30 bits per heavy atom. The molecule has 1 aliphatic rings. The molecule has 6 heteroatoms. The van der Waals surface area contributed by atoms with E-state index in [1.807, 2.05) is 32.0 Å². The quantitative estimate of drug-likeness (QED) is 0.816. The van der Waals surface area contributed by atoms with Gasteiger partial charge in [-0.05, 0) is 32.0 Å². The summed E-state index contributed by atoms with van der Waals surface area (Å²) in [5.41, 5.74) is 9.63. The first kappa shape index (κ1) is 12.5. The number of benzene rings is 1. The van der Waals surface area contributed by atoms with Crippen molar-refractivity contribution in [3.8, 4) is 5.75 Å². The van der Waals surface area contributed by atoms with Crippen LogP contribution in [0.5, 0.6) is 5.75 Å². The molecule has 1 radical (unpaired) electrons. The highest BCUT2D eigenvalue weighted by atomic mass is 16.4. The molecule has 2 heterocycles. The summed E-state index contributed by atoms with van der Waals surface area (Å²) in [5.74, 6) is 1.80. The second kappa shape index (κ2) is 4.88. The third-order valence-corrected chi connectivity index (χ3v) is 3.03. The Morgan fingerprint density at radius 3 is 2.95 bits per heavy atom. The maximum Gasteiger partial charge on any atom is 0.404 e. The number of anilines is 3. The lowest BCUT2D eigenvalue weighted by atomic mass is 9.84. The van der Waals surface area contributed by atoms with Crippen molar-refractivity contribution < 1.29 is 4.65 Å². The van der Waals surface area contributed by atoms with Crippen molar-refractivity contribution >= 4 is 31.0 Å². The van der Waals surface area contributed by atoms with Crippen LogP contribution in [0, 0.1) is 6.92 Å². The fourth-order valence-electron chi connectivity index (χ4n) is 1.93. The first-order valence-electron chi connectivity index (χ1n) is 6.30. The lowest BCUT2D eigenvalue weighted by Gasteiger charge is -2.16. The third kappa shape index (κ3) is 2.45. The number of aryl methyl sites for hydroxylation is 1. The highest BCUT2D eigenvalue weighted by molar-refractivity contribution is 6.41. The van der Waals surface area contributed by atoms with Crippen LogP contribution in [0.4, 0.5) is 17.5 Å². The van der Waals surface area contributed by atoms with E-state index in [2.05, 4.69) is 21.4 Å². The molecule has 0 spiro atoms. The minimum absolute atomic E-state index is 0.481. The van der Waals surface area contributed by atoms with Crippen molar-refractivity contribution in [2.75, 3.05) is 11.1 Å². The molecular weight excluding hydrogens is 251 g/mol. The Labute approximate surface area is 118 Å². The van der Waals surface area contributed by atoms with Crippen LogP contribution in [0.2, 0.25) is 0 Å². The van der Waals surface area contributed by atoms with E-state index in [1.165, 1.54) is 0 Å². The average molecular weight is 265 g/mol. The summed E-state index contributed by atoms with van der Waals surface area (Å²) in [6.45, 7) is 3.87. The minimum Gasteiger partial charge on any atom is -0.558 e. The monoisotopic (exact) mass is 265 g/mol. The van der Waals surface area contributed by atoms with Crippen molar-refractivity contribution in [1.82, 2.24) is 9.97 Å². The summed E-state index contributed by atoms with van der Waals surface area (Å²) in [6.07, 6.45) is 3.76. The van der Waals surface area contributed by atoms with E-state index in [0.717, 1.165) is 28.0 Å². The first-order chi connectivity index (χ1) is 9.61. The molecule has 1 aliphatic heterocycles. The van der Waals surface area contributed by atoms with Crippen LogP contribution in [0.15, 0.2) is 29.9 Å². The largest absolute Gasteiger partial charge is 0.558 e. The maximum atomic E-state index is 5.78. The molecule has 0 saturated carbocycles. The normalized spacial score (nSPS) is 12.8. The predicted octanol–water partition coefficient (Wildman–Crippen LogP) is 2.48. The number of nitrogen functional groups attached to an aromatic ring is 1. The second-order valence-electron chi connectivity index (χ2n) is 4.76. The summed E-state index contributed by atoms with van der Waals surface area (Å²) < 4.78 is 5.50. The van der Waals surface area contributed by atoms with Crippen LogP contribution in [0.25, 0.3) is 6.08 Å². The number of hydrogen-bond donors (Lipinski definition) is 2. The summed E-state index contributed by atoms with van der Waals surface area (Å²) >= 11 is 0. The number of hydrogen-bond acceptors (Lipinski definition) is 5. The molecule has 0 amide bonds. The van der Waals surface area contributed by atoms with Gasteiger partial charge in [-0.2, -0.15) is 4.98 Å². The number of fused-ring (bicyclic) bond motifs is 1. The van der Waals surface area contributed by atoms with Crippen molar-refractivity contribution in [3.63, 3.8) is 0 Å². The molecule has 0 fully saturated rings. The average Bonchev–Trinajstić information content (AvgIpc) is 2.42. The molecule has 1 aromatic carbocycles. The number of allylic oxidation sites excluding steroid dienone is 1. The van der Waals surface area contributed by atoms with Gasteiger partial charge in [-0.3, -0.25) is 0 Å². The van der Waals surface area contributed by atoms with Crippen LogP contribution < -0.4 is 15.7 Å². The molecule has 99 valence electrons. The molecule has 0 atom stereocenters. The molecule has 0 unspecified atom stereocenters. The third-order valence-electron chi connectivity index (χ3n) is 3.03. The van der Waals surface area contributed by atoms with Crippen LogP contribution in [-0.4, -0.2) is 17.5 Å². The van der Waals surface area contributed by atoms with Crippen molar-refractivity contribution in [1.29, 1.82) is 0 Å². The number of rotatable bonds is 2. The first-order valence-corrected chi connectivity index (χ1v) is 6.30. The van der Waals surface area contributed by atoms with Gasteiger partial charge in [0, 0.05) is 23.0 Å². The smallest absolute Gasteiger partial charge is 0.404 e. The number of nitrogens with two attached hydrogens (primary N) is 1. The standard InChI is InChI=1S/C14H14BN4O/c1-8-7-17-14(19-13(8)16)18-11-3-4-12-10(6-11)5-9(2)15-20-12/h3-7H,1-2H3,(H3,16,17,18,19). The SMILES string of the molecule is CC1=Cc2cc(Nc3ncc(C)c(N)n3)ccc2O[B]1. The molecule has 3 rings (SSSR count). The Hall–Kier alpha value is -2.50. The molecule has 3 N–H and O–H groups in total. The Kier molecular flexibility index (Phi) is 3.06.